The van der Waals surface area contributed by atoms with E-state index in [1.165, 1.54) is 18.2 Å². The summed E-state index contributed by atoms with van der Waals surface area (Å²) in [4.78, 5) is 26.1. The summed E-state index contributed by atoms with van der Waals surface area (Å²) in [6, 6.07) is 13.2. The van der Waals surface area contributed by atoms with Gasteiger partial charge in [-0.15, -0.1) is 10.1 Å². The SMILES string of the molecule is O=C(/C=C/c1ccc(O)cc1)OCc1cccc(CO[N+](=O)[O-])c1. The number of esters is 1. The normalized spacial score (nSPS) is 10.5. The third-order valence-corrected chi connectivity index (χ3v) is 3.01. The van der Waals surface area contributed by atoms with Crippen molar-refractivity contribution in [2.24, 2.45) is 0 Å². The molecular weight excluding hydrogens is 314 g/mol. The molecule has 0 bridgehead atoms. The zero-order chi connectivity index (χ0) is 17.4. The third-order valence-electron chi connectivity index (χ3n) is 3.01. The number of benzene rings is 2. The highest BCUT2D eigenvalue weighted by atomic mass is 16.9. The summed E-state index contributed by atoms with van der Waals surface area (Å²) in [6.45, 7) is -0.111. The average Bonchev–Trinajstić information content (AvgIpc) is 2.58. The highest BCUT2D eigenvalue weighted by Crippen LogP contribution is 2.11. The number of aromatic hydroxyl groups is 1. The zero-order valence-electron chi connectivity index (χ0n) is 12.6. The Morgan fingerprint density at radius 1 is 1.12 bits per heavy atom. The van der Waals surface area contributed by atoms with Crippen molar-refractivity contribution in [3.8, 4) is 5.75 Å². The second-order valence-electron chi connectivity index (χ2n) is 4.85. The van der Waals surface area contributed by atoms with Gasteiger partial charge in [0, 0.05) is 6.08 Å². The van der Waals surface area contributed by atoms with E-state index in [2.05, 4.69) is 4.84 Å². The second-order valence-corrected chi connectivity index (χ2v) is 4.85. The van der Waals surface area contributed by atoms with Gasteiger partial charge < -0.3 is 14.7 Å². The molecule has 0 fully saturated rings. The number of phenols is 1. The number of hydrogen-bond donors (Lipinski definition) is 1. The Morgan fingerprint density at radius 2 is 1.79 bits per heavy atom. The van der Waals surface area contributed by atoms with E-state index in [0.717, 1.165) is 5.56 Å². The lowest BCUT2D eigenvalue weighted by Crippen LogP contribution is -2.03. The third kappa shape index (κ3) is 5.80. The van der Waals surface area contributed by atoms with Gasteiger partial charge in [-0.2, -0.15) is 0 Å². The molecule has 24 heavy (non-hydrogen) atoms. The first-order chi connectivity index (χ1) is 11.5. The van der Waals surface area contributed by atoms with Crippen LogP contribution in [0.2, 0.25) is 0 Å². The number of carbonyl (C=O) groups is 1. The molecule has 0 saturated heterocycles. The predicted octanol–water partition coefficient (Wildman–Crippen LogP) is 2.86. The first kappa shape index (κ1) is 17.0. The first-order valence-corrected chi connectivity index (χ1v) is 7.02. The van der Waals surface area contributed by atoms with Crippen LogP contribution in [-0.2, 0) is 27.6 Å². The van der Waals surface area contributed by atoms with Gasteiger partial charge in [0.2, 0.25) is 0 Å². The summed E-state index contributed by atoms with van der Waals surface area (Å²) in [5.41, 5.74) is 2.06. The summed E-state index contributed by atoms with van der Waals surface area (Å²) in [6.07, 6.45) is 2.86. The molecule has 0 aliphatic rings. The number of phenolic OH excluding ortho intramolecular Hbond substituents is 1. The van der Waals surface area contributed by atoms with Crippen molar-refractivity contribution in [2.75, 3.05) is 0 Å². The lowest BCUT2D eigenvalue weighted by atomic mass is 10.1. The van der Waals surface area contributed by atoms with Crippen LogP contribution in [0.4, 0.5) is 0 Å². The number of hydrogen-bond acceptors (Lipinski definition) is 6. The summed E-state index contributed by atoms with van der Waals surface area (Å²) < 4.78 is 5.10. The van der Waals surface area contributed by atoms with Gasteiger partial charge >= 0.3 is 5.97 Å². The monoisotopic (exact) mass is 329 g/mol. The molecule has 0 aliphatic carbocycles. The minimum atomic E-state index is -0.860. The largest absolute Gasteiger partial charge is 0.508 e. The van der Waals surface area contributed by atoms with E-state index in [1.807, 2.05) is 0 Å². The first-order valence-electron chi connectivity index (χ1n) is 7.02. The highest BCUT2D eigenvalue weighted by molar-refractivity contribution is 5.87. The van der Waals surface area contributed by atoms with Crippen LogP contribution in [0.25, 0.3) is 6.08 Å². The van der Waals surface area contributed by atoms with Crippen molar-refractivity contribution in [3.05, 3.63) is 81.4 Å². The van der Waals surface area contributed by atoms with Crippen molar-refractivity contribution in [2.45, 2.75) is 13.2 Å². The Bertz CT molecular complexity index is 739. The molecular formula is C17H15NO6. The van der Waals surface area contributed by atoms with Crippen molar-refractivity contribution < 1.29 is 24.6 Å². The average molecular weight is 329 g/mol. The predicted molar refractivity (Wildman–Crippen MR) is 85.2 cm³/mol. The molecule has 2 aromatic rings. The molecule has 1 N–H and O–H groups in total. The van der Waals surface area contributed by atoms with E-state index in [-0.39, 0.29) is 19.0 Å². The van der Waals surface area contributed by atoms with Crippen molar-refractivity contribution in [1.29, 1.82) is 0 Å². The van der Waals surface area contributed by atoms with Crippen LogP contribution in [0.3, 0.4) is 0 Å². The maximum atomic E-state index is 11.7. The fourth-order valence-electron chi connectivity index (χ4n) is 1.89. The summed E-state index contributed by atoms with van der Waals surface area (Å²) in [5, 5.41) is 18.5. The molecule has 0 unspecified atom stereocenters. The van der Waals surface area contributed by atoms with Gasteiger partial charge in [0.15, 0.2) is 0 Å². The standard InChI is InChI=1S/C17H15NO6/c19-16-7-4-13(5-8-16)6-9-17(20)23-11-14-2-1-3-15(10-14)12-24-18(21)22/h1-10,19H,11-12H2/b9-6+. The van der Waals surface area contributed by atoms with Crippen LogP contribution in [0.5, 0.6) is 5.75 Å². The minimum absolute atomic E-state index is 0.0467. The Morgan fingerprint density at radius 3 is 2.46 bits per heavy atom. The summed E-state index contributed by atoms with van der Waals surface area (Å²) in [5.74, 6) is -0.370. The number of rotatable bonds is 7. The second kappa shape index (κ2) is 8.33. The molecule has 0 amide bonds. The van der Waals surface area contributed by atoms with E-state index < -0.39 is 11.1 Å². The molecule has 7 nitrogen and oxygen atoms in total. The molecule has 2 aromatic carbocycles. The number of carbonyl (C=O) groups excluding carboxylic acids is 1. The summed E-state index contributed by atoms with van der Waals surface area (Å²) >= 11 is 0. The number of ether oxygens (including phenoxy) is 1. The van der Waals surface area contributed by atoms with Crippen molar-refractivity contribution in [3.63, 3.8) is 0 Å². The molecule has 0 aliphatic heterocycles. The zero-order valence-corrected chi connectivity index (χ0v) is 12.6. The maximum Gasteiger partial charge on any atom is 0.331 e. The van der Waals surface area contributed by atoms with Crippen LogP contribution in [0.15, 0.2) is 54.6 Å². The molecule has 124 valence electrons. The van der Waals surface area contributed by atoms with Gasteiger partial charge in [-0.25, -0.2) is 4.79 Å². The fourth-order valence-corrected chi connectivity index (χ4v) is 1.89. The number of nitrogens with zero attached hydrogens (tertiary/aromatic N) is 1. The molecule has 0 saturated carbocycles. The Labute approximate surface area is 137 Å². The van der Waals surface area contributed by atoms with E-state index in [4.69, 9.17) is 4.74 Å². The summed E-state index contributed by atoms with van der Waals surface area (Å²) in [7, 11) is 0. The van der Waals surface area contributed by atoms with Gasteiger partial charge in [-0.3, -0.25) is 0 Å². The van der Waals surface area contributed by atoms with Gasteiger partial charge in [-0.1, -0.05) is 36.4 Å². The topological polar surface area (TPSA) is 98.9 Å². The lowest BCUT2D eigenvalue weighted by molar-refractivity contribution is -0.763. The Kier molecular flexibility index (Phi) is 5.90. The molecule has 7 heteroatoms. The van der Waals surface area contributed by atoms with Crippen LogP contribution < -0.4 is 0 Å². The molecule has 0 radical (unpaired) electrons. The van der Waals surface area contributed by atoms with Crippen LogP contribution in [-0.4, -0.2) is 16.2 Å². The lowest BCUT2D eigenvalue weighted by Gasteiger charge is -2.05. The van der Waals surface area contributed by atoms with Gasteiger partial charge in [-0.05, 0) is 34.9 Å². The van der Waals surface area contributed by atoms with Crippen molar-refractivity contribution >= 4 is 12.0 Å². The van der Waals surface area contributed by atoms with E-state index in [0.29, 0.717) is 11.1 Å². The fraction of sp³-hybridized carbons (Fsp3) is 0.118. The highest BCUT2D eigenvalue weighted by Gasteiger charge is 2.02. The maximum absolute atomic E-state index is 11.7. The van der Waals surface area contributed by atoms with E-state index >= 15 is 0 Å². The Balaban J connectivity index is 1.86. The molecule has 0 atom stereocenters. The minimum Gasteiger partial charge on any atom is -0.508 e. The van der Waals surface area contributed by atoms with Crippen LogP contribution in [0, 0.1) is 10.1 Å². The quantitative estimate of drug-likeness (QED) is 0.363. The Hall–Kier alpha value is -3.35. The van der Waals surface area contributed by atoms with Gasteiger partial charge in [0.25, 0.3) is 5.09 Å². The van der Waals surface area contributed by atoms with Gasteiger partial charge in [0.1, 0.15) is 19.0 Å². The van der Waals surface area contributed by atoms with Crippen LogP contribution in [0.1, 0.15) is 16.7 Å². The smallest absolute Gasteiger partial charge is 0.331 e. The van der Waals surface area contributed by atoms with E-state index in [9.17, 15) is 20.0 Å². The molecule has 0 spiro atoms. The van der Waals surface area contributed by atoms with E-state index in [1.54, 1.807) is 42.5 Å². The van der Waals surface area contributed by atoms with Crippen molar-refractivity contribution in [1.82, 2.24) is 0 Å². The molecule has 0 aromatic heterocycles. The molecule has 2 rings (SSSR count). The molecule has 0 heterocycles. The van der Waals surface area contributed by atoms with Gasteiger partial charge in [0.05, 0.1) is 0 Å². The van der Waals surface area contributed by atoms with Crippen LogP contribution >= 0.6 is 0 Å².